The fourth-order valence-corrected chi connectivity index (χ4v) is 2.76. The smallest absolute Gasteiger partial charge is 0.223 e. The highest BCUT2D eigenvalue weighted by Crippen LogP contribution is 2.31. The number of terminal acetylenes is 1. The van der Waals surface area contributed by atoms with Crippen LogP contribution in [0.4, 0.5) is 0 Å². The minimum atomic E-state index is 0.279. The van der Waals surface area contributed by atoms with Gasteiger partial charge in [0.25, 0.3) is 0 Å². The molecule has 0 unspecified atom stereocenters. The summed E-state index contributed by atoms with van der Waals surface area (Å²) in [5, 5.41) is 0. The lowest BCUT2D eigenvalue weighted by Gasteiger charge is -2.20. The summed E-state index contributed by atoms with van der Waals surface area (Å²) in [4.78, 5) is 14.0. The van der Waals surface area contributed by atoms with E-state index < -0.39 is 0 Å². The summed E-state index contributed by atoms with van der Waals surface area (Å²) in [5.41, 5.74) is 0. The Bertz CT molecular complexity index is 295. The van der Waals surface area contributed by atoms with Gasteiger partial charge in [0.2, 0.25) is 5.91 Å². The maximum absolute atomic E-state index is 12.1. The molecule has 2 rings (SSSR count). The summed E-state index contributed by atoms with van der Waals surface area (Å²) < 4.78 is 0. The third kappa shape index (κ3) is 4.07. The molecule has 94 valence electrons. The van der Waals surface area contributed by atoms with Gasteiger partial charge in [-0.15, -0.1) is 6.42 Å². The zero-order valence-corrected chi connectivity index (χ0v) is 10.7. The van der Waals surface area contributed by atoms with Crippen LogP contribution in [-0.4, -0.2) is 23.9 Å². The molecule has 0 radical (unpaired) electrons. The van der Waals surface area contributed by atoms with Gasteiger partial charge < -0.3 is 4.90 Å². The predicted octanol–water partition coefficient (Wildman–Crippen LogP) is 2.83. The fraction of sp³-hybridized carbons (Fsp3) is 0.800. The molecule has 0 heterocycles. The van der Waals surface area contributed by atoms with Gasteiger partial charge in [0, 0.05) is 13.0 Å². The van der Waals surface area contributed by atoms with Crippen LogP contribution in [-0.2, 0) is 4.79 Å². The number of amides is 1. The van der Waals surface area contributed by atoms with Crippen LogP contribution in [0.2, 0.25) is 0 Å². The van der Waals surface area contributed by atoms with Gasteiger partial charge in [0.15, 0.2) is 0 Å². The summed E-state index contributed by atoms with van der Waals surface area (Å²) in [6.07, 6.45) is 15.0. The van der Waals surface area contributed by atoms with Gasteiger partial charge in [-0.25, -0.2) is 0 Å². The highest BCUT2D eigenvalue weighted by Gasteiger charge is 2.26. The van der Waals surface area contributed by atoms with Crippen molar-refractivity contribution in [3.8, 4) is 12.3 Å². The third-order valence-electron chi connectivity index (χ3n) is 4.05. The molecule has 0 atom stereocenters. The quantitative estimate of drug-likeness (QED) is 0.646. The van der Waals surface area contributed by atoms with Crippen molar-refractivity contribution in [2.24, 2.45) is 11.8 Å². The molecule has 0 bridgehead atoms. The first-order valence-electron chi connectivity index (χ1n) is 7.01. The van der Waals surface area contributed by atoms with Crippen molar-refractivity contribution in [3.05, 3.63) is 0 Å². The molecule has 2 heteroatoms. The monoisotopic (exact) mass is 233 g/mol. The van der Waals surface area contributed by atoms with E-state index in [-0.39, 0.29) is 5.91 Å². The van der Waals surface area contributed by atoms with E-state index in [9.17, 15) is 4.79 Å². The minimum absolute atomic E-state index is 0.279. The Morgan fingerprint density at radius 1 is 1.18 bits per heavy atom. The third-order valence-corrected chi connectivity index (χ3v) is 4.05. The normalized spacial score (nSPS) is 20.2. The van der Waals surface area contributed by atoms with E-state index >= 15 is 0 Å². The first-order chi connectivity index (χ1) is 8.29. The van der Waals surface area contributed by atoms with Crippen molar-refractivity contribution in [2.75, 3.05) is 13.1 Å². The largest absolute Gasteiger partial charge is 0.331 e. The van der Waals surface area contributed by atoms with Crippen molar-refractivity contribution < 1.29 is 4.79 Å². The van der Waals surface area contributed by atoms with Crippen LogP contribution in [0.15, 0.2) is 0 Å². The zero-order valence-electron chi connectivity index (χ0n) is 10.7. The van der Waals surface area contributed by atoms with E-state index in [2.05, 4.69) is 5.92 Å². The average Bonchev–Trinajstić information content (AvgIpc) is 2.99. The van der Waals surface area contributed by atoms with Crippen LogP contribution in [0.1, 0.15) is 51.4 Å². The number of rotatable bonds is 6. The van der Waals surface area contributed by atoms with Gasteiger partial charge in [-0.1, -0.05) is 31.6 Å². The Balaban J connectivity index is 1.72. The van der Waals surface area contributed by atoms with Crippen molar-refractivity contribution in [2.45, 2.75) is 51.4 Å². The molecule has 0 saturated heterocycles. The molecule has 0 N–H and O–H groups in total. The summed E-state index contributed by atoms with van der Waals surface area (Å²) in [7, 11) is 0. The van der Waals surface area contributed by atoms with Crippen LogP contribution < -0.4 is 0 Å². The molecule has 0 aromatic carbocycles. The van der Waals surface area contributed by atoms with E-state index in [0.717, 1.165) is 24.8 Å². The molecule has 1 amide bonds. The second-order valence-electron chi connectivity index (χ2n) is 5.61. The topological polar surface area (TPSA) is 20.3 Å². The van der Waals surface area contributed by atoms with E-state index in [4.69, 9.17) is 6.42 Å². The van der Waals surface area contributed by atoms with Gasteiger partial charge in [-0.05, 0) is 31.1 Å². The first-order valence-corrected chi connectivity index (χ1v) is 7.01. The maximum Gasteiger partial charge on any atom is 0.223 e. The lowest BCUT2D eigenvalue weighted by molar-refractivity contribution is -0.131. The molecule has 2 aliphatic carbocycles. The Labute approximate surface area is 105 Å². The van der Waals surface area contributed by atoms with Gasteiger partial charge in [-0.2, -0.15) is 0 Å². The highest BCUT2D eigenvalue weighted by molar-refractivity contribution is 5.76. The fourth-order valence-electron chi connectivity index (χ4n) is 2.76. The number of hydrogen-bond donors (Lipinski definition) is 0. The van der Waals surface area contributed by atoms with Gasteiger partial charge in [0.05, 0.1) is 6.54 Å². The Hall–Kier alpha value is -0.970. The van der Waals surface area contributed by atoms with E-state index in [0.29, 0.717) is 13.0 Å². The molecule has 2 fully saturated rings. The second-order valence-corrected chi connectivity index (χ2v) is 5.61. The minimum Gasteiger partial charge on any atom is -0.331 e. The molecule has 2 aliphatic rings. The summed E-state index contributed by atoms with van der Waals surface area (Å²) in [5.74, 6) is 4.43. The van der Waals surface area contributed by atoms with Crippen molar-refractivity contribution in [3.63, 3.8) is 0 Å². The van der Waals surface area contributed by atoms with E-state index in [1.807, 2.05) is 4.90 Å². The SMILES string of the molecule is C#CCN(CC1CC1)C(=O)CCC1CCCC1. The molecular formula is C15H23NO. The maximum atomic E-state index is 12.1. The van der Waals surface area contributed by atoms with Crippen molar-refractivity contribution in [1.82, 2.24) is 4.90 Å². The van der Waals surface area contributed by atoms with Crippen LogP contribution in [0.3, 0.4) is 0 Å². The molecule has 0 spiro atoms. The molecule has 0 aromatic rings. The summed E-state index contributed by atoms with van der Waals surface area (Å²) in [6.45, 7) is 1.40. The zero-order chi connectivity index (χ0) is 12.1. The molecule has 2 nitrogen and oxygen atoms in total. The summed E-state index contributed by atoms with van der Waals surface area (Å²) >= 11 is 0. The molecule has 17 heavy (non-hydrogen) atoms. The standard InChI is InChI=1S/C15H23NO/c1-2-11-16(12-14-7-8-14)15(17)10-9-13-5-3-4-6-13/h1,13-14H,3-12H2. The van der Waals surface area contributed by atoms with E-state index in [1.54, 1.807) is 0 Å². The average molecular weight is 233 g/mol. The Morgan fingerprint density at radius 3 is 2.47 bits per heavy atom. The number of carbonyl (C=O) groups excluding carboxylic acids is 1. The Morgan fingerprint density at radius 2 is 1.88 bits per heavy atom. The predicted molar refractivity (Wildman–Crippen MR) is 69.3 cm³/mol. The van der Waals surface area contributed by atoms with Crippen LogP contribution in [0.25, 0.3) is 0 Å². The number of carbonyl (C=O) groups is 1. The van der Waals surface area contributed by atoms with Crippen LogP contribution in [0, 0.1) is 24.2 Å². The Kier molecular flexibility index (Phi) is 4.48. The lowest BCUT2D eigenvalue weighted by Crippen LogP contribution is -2.33. The molecule has 0 aliphatic heterocycles. The second kappa shape index (κ2) is 6.10. The van der Waals surface area contributed by atoms with E-state index in [1.165, 1.54) is 38.5 Å². The summed E-state index contributed by atoms with van der Waals surface area (Å²) in [6, 6.07) is 0. The molecule has 0 aromatic heterocycles. The highest BCUT2D eigenvalue weighted by atomic mass is 16.2. The van der Waals surface area contributed by atoms with Gasteiger partial charge in [0.1, 0.15) is 0 Å². The van der Waals surface area contributed by atoms with Gasteiger partial charge >= 0.3 is 0 Å². The van der Waals surface area contributed by atoms with Crippen LogP contribution >= 0.6 is 0 Å². The van der Waals surface area contributed by atoms with Gasteiger partial charge in [-0.3, -0.25) is 4.79 Å². The van der Waals surface area contributed by atoms with Crippen molar-refractivity contribution >= 4 is 5.91 Å². The molecule has 2 saturated carbocycles. The van der Waals surface area contributed by atoms with Crippen LogP contribution in [0.5, 0.6) is 0 Å². The first kappa shape index (κ1) is 12.5. The molecular weight excluding hydrogens is 210 g/mol. The van der Waals surface area contributed by atoms with Crippen molar-refractivity contribution in [1.29, 1.82) is 0 Å². The lowest BCUT2D eigenvalue weighted by atomic mass is 10.0. The number of hydrogen-bond acceptors (Lipinski definition) is 1. The number of nitrogens with zero attached hydrogens (tertiary/aromatic N) is 1.